The first-order valence-corrected chi connectivity index (χ1v) is 6.67. The average Bonchev–Trinajstić information content (AvgIpc) is 2.94. The molecular weight excluding hydrogens is 272 g/mol. The third-order valence-corrected chi connectivity index (χ3v) is 4.27. The maximum atomic E-state index is 10.0. The van der Waals surface area contributed by atoms with E-state index in [0.717, 1.165) is 4.99 Å². The topological polar surface area (TPSA) is 109 Å². The predicted octanol–water partition coefficient (Wildman–Crippen LogP) is -3.54. The normalized spacial score (nSPS) is 47.2. The summed E-state index contributed by atoms with van der Waals surface area (Å²) in [5.41, 5.74) is 0. The third-order valence-electron chi connectivity index (χ3n) is 3.87. The van der Waals surface area contributed by atoms with Crippen molar-refractivity contribution in [1.29, 1.82) is 0 Å². The molecule has 6 N–H and O–H groups in total. The molecule has 3 aliphatic rings. The summed E-state index contributed by atoms with van der Waals surface area (Å²) < 4.78 is 5.54. The Labute approximate surface area is 115 Å². The summed E-state index contributed by atoms with van der Waals surface area (Å²) in [6.45, 7) is 0.710. The number of aliphatic hydroxyl groups is 3. The van der Waals surface area contributed by atoms with Crippen LogP contribution in [0.25, 0.3) is 0 Å². The van der Waals surface area contributed by atoms with Crippen LogP contribution in [-0.4, -0.2) is 81.9 Å². The Bertz CT molecular complexity index is 373. The maximum absolute atomic E-state index is 10.0. The standard InChI is InChI=1S/C10H18N4O4S/c15-1-4-6(16)7(17)10(18-4)14-3-13-5-8(14)11-2-12-9(5)19/h4-8,10-11,13,15-17H,1-3H2,(H,12,19). The second-order valence-corrected chi connectivity index (χ2v) is 5.39. The second-order valence-electron chi connectivity index (χ2n) is 4.95. The smallest absolute Gasteiger partial charge is 0.142 e. The van der Waals surface area contributed by atoms with Gasteiger partial charge in [-0.05, 0) is 0 Å². The van der Waals surface area contributed by atoms with Crippen molar-refractivity contribution in [2.45, 2.75) is 36.7 Å². The van der Waals surface area contributed by atoms with Gasteiger partial charge in [0.25, 0.3) is 0 Å². The Hall–Kier alpha value is -0.390. The van der Waals surface area contributed by atoms with E-state index in [1.54, 1.807) is 0 Å². The van der Waals surface area contributed by atoms with Gasteiger partial charge in [0.2, 0.25) is 0 Å². The molecule has 108 valence electrons. The highest BCUT2D eigenvalue weighted by Crippen LogP contribution is 2.27. The van der Waals surface area contributed by atoms with E-state index in [2.05, 4.69) is 16.0 Å². The zero-order chi connectivity index (χ0) is 13.6. The van der Waals surface area contributed by atoms with Gasteiger partial charge in [0, 0.05) is 0 Å². The van der Waals surface area contributed by atoms with E-state index in [4.69, 9.17) is 22.1 Å². The molecule has 3 fully saturated rings. The van der Waals surface area contributed by atoms with Gasteiger partial charge in [0.1, 0.15) is 24.5 Å². The van der Waals surface area contributed by atoms with Gasteiger partial charge < -0.3 is 25.4 Å². The summed E-state index contributed by atoms with van der Waals surface area (Å²) in [4.78, 5) is 2.60. The molecule has 0 bridgehead atoms. The van der Waals surface area contributed by atoms with Crippen LogP contribution < -0.4 is 16.0 Å². The summed E-state index contributed by atoms with van der Waals surface area (Å²) in [5, 5.41) is 38.5. The highest BCUT2D eigenvalue weighted by molar-refractivity contribution is 7.80. The Balaban J connectivity index is 1.75. The molecular formula is C10H18N4O4S. The first kappa shape index (κ1) is 13.6. The lowest BCUT2D eigenvalue weighted by Crippen LogP contribution is -2.63. The fourth-order valence-electron chi connectivity index (χ4n) is 2.83. The molecule has 0 aromatic rings. The van der Waals surface area contributed by atoms with Gasteiger partial charge in [-0.1, -0.05) is 12.2 Å². The average molecular weight is 290 g/mol. The van der Waals surface area contributed by atoms with E-state index in [0.29, 0.717) is 13.3 Å². The van der Waals surface area contributed by atoms with Crippen molar-refractivity contribution in [2.75, 3.05) is 19.9 Å². The molecule has 3 heterocycles. The molecule has 6 atom stereocenters. The molecule has 0 saturated carbocycles. The van der Waals surface area contributed by atoms with Crippen LogP contribution in [0, 0.1) is 0 Å². The van der Waals surface area contributed by atoms with E-state index < -0.39 is 24.5 Å². The van der Waals surface area contributed by atoms with Crippen molar-refractivity contribution in [1.82, 2.24) is 20.9 Å². The van der Waals surface area contributed by atoms with Crippen LogP contribution in [0.5, 0.6) is 0 Å². The van der Waals surface area contributed by atoms with Crippen LogP contribution in [0.4, 0.5) is 0 Å². The van der Waals surface area contributed by atoms with E-state index in [1.165, 1.54) is 0 Å². The van der Waals surface area contributed by atoms with Crippen molar-refractivity contribution in [3.05, 3.63) is 0 Å². The molecule has 0 aromatic heterocycles. The fourth-order valence-corrected chi connectivity index (χ4v) is 3.12. The molecule has 0 aliphatic carbocycles. The van der Waals surface area contributed by atoms with Crippen LogP contribution in [0.15, 0.2) is 0 Å². The molecule has 19 heavy (non-hydrogen) atoms. The molecule has 9 heteroatoms. The lowest BCUT2D eigenvalue weighted by atomic mass is 10.1. The van der Waals surface area contributed by atoms with Gasteiger partial charge in [0.05, 0.1) is 37.1 Å². The van der Waals surface area contributed by atoms with E-state index in [9.17, 15) is 10.2 Å². The van der Waals surface area contributed by atoms with Gasteiger partial charge in [0.15, 0.2) is 0 Å². The third kappa shape index (κ3) is 2.16. The molecule has 0 aromatic carbocycles. The number of rotatable bonds is 2. The van der Waals surface area contributed by atoms with Gasteiger partial charge in [-0.15, -0.1) is 0 Å². The van der Waals surface area contributed by atoms with Crippen molar-refractivity contribution >= 4 is 17.2 Å². The SMILES string of the molecule is OCC1OC(N2CNC3C(=S)NCNC32)C(O)C1O. The van der Waals surface area contributed by atoms with Crippen molar-refractivity contribution in [3.63, 3.8) is 0 Å². The summed E-state index contributed by atoms with van der Waals surface area (Å²) >= 11 is 5.24. The number of hydrogen-bond donors (Lipinski definition) is 6. The van der Waals surface area contributed by atoms with E-state index in [1.807, 2.05) is 4.90 Å². The van der Waals surface area contributed by atoms with Gasteiger partial charge >= 0.3 is 0 Å². The summed E-state index contributed by atoms with van der Waals surface area (Å²) in [6, 6.07) is -0.0510. The number of thiocarbonyl (C=S) groups is 1. The number of aliphatic hydroxyl groups excluding tert-OH is 3. The highest BCUT2D eigenvalue weighted by Gasteiger charge is 2.50. The minimum absolute atomic E-state index is 0.0510. The fraction of sp³-hybridized carbons (Fsp3) is 0.900. The quantitative estimate of drug-likeness (QED) is 0.288. The first-order chi connectivity index (χ1) is 9.13. The van der Waals surface area contributed by atoms with E-state index in [-0.39, 0.29) is 18.8 Å². The number of ether oxygens (including phenoxy) is 1. The van der Waals surface area contributed by atoms with Crippen molar-refractivity contribution in [2.24, 2.45) is 0 Å². The number of fused-ring (bicyclic) bond motifs is 1. The van der Waals surface area contributed by atoms with Crippen LogP contribution in [0.3, 0.4) is 0 Å². The Morgan fingerprint density at radius 2 is 2.11 bits per heavy atom. The lowest BCUT2D eigenvalue weighted by molar-refractivity contribution is -0.107. The minimum Gasteiger partial charge on any atom is -0.394 e. The molecule has 0 spiro atoms. The highest BCUT2D eigenvalue weighted by atomic mass is 32.1. The van der Waals surface area contributed by atoms with Crippen LogP contribution in [0.1, 0.15) is 0 Å². The maximum Gasteiger partial charge on any atom is 0.142 e. The van der Waals surface area contributed by atoms with Crippen molar-refractivity contribution in [3.8, 4) is 0 Å². The number of nitrogens with zero attached hydrogens (tertiary/aromatic N) is 1. The van der Waals surface area contributed by atoms with Crippen LogP contribution in [0.2, 0.25) is 0 Å². The Morgan fingerprint density at radius 1 is 1.32 bits per heavy atom. The molecule has 8 nitrogen and oxygen atoms in total. The molecule has 6 unspecified atom stereocenters. The lowest BCUT2D eigenvalue weighted by Gasteiger charge is -2.36. The van der Waals surface area contributed by atoms with Crippen molar-refractivity contribution < 1.29 is 20.1 Å². The van der Waals surface area contributed by atoms with E-state index >= 15 is 0 Å². The minimum atomic E-state index is -1.08. The molecule has 0 amide bonds. The van der Waals surface area contributed by atoms with Gasteiger partial charge in [-0.25, -0.2) is 4.90 Å². The molecule has 3 saturated heterocycles. The first-order valence-electron chi connectivity index (χ1n) is 6.26. The summed E-state index contributed by atoms with van der Waals surface area (Å²) in [6.07, 6.45) is -3.65. The second kappa shape index (κ2) is 5.19. The van der Waals surface area contributed by atoms with Gasteiger partial charge in [-0.2, -0.15) is 0 Å². The largest absolute Gasteiger partial charge is 0.394 e. The Morgan fingerprint density at radius 3 is 2.79 bits per heavy atom. The predicted molar refractivity (Wildman–Crippen MR) is 68.9 cm³/mol. The number of hydrogen-bond acceptors (Lipinski definition) is 8. The molecule has 0 radical (unpaired) electrons. The summed E-state index contributed by atoms with van der Waals surface area (Å²) in [7, 11) is 0. The monoisotopic (exact) mass is 290 g/mol. The number of nitrogens with one attached hydrogen (secondary N) is 3. The van der Waals surface area contributed by atoms with Gasteiger partial charge in [-0.3, -0.25) is 10.6 Å². The van der Waals surface area contributed by atoms with Crippen LogP contribution in [-0.2, 0) is 4.74 Å². The zero-order valence-corrected chi connectivity index (χ0v) is 11.0. The summed E-state index contributed by atoms with van der Waals surface area (Å²) in [5.74, 6) is 0. The van der Waals surface area contributed by atoms with Crippen LogP contribution >= 0.6 is 12.2 Å². The molecule has 3 rings (SSSR count). The molecule has 3 aliphatic heterocycles. The Kier molecular flexibility index (Phi) is 3.71. The zero-order valence-electron chi connectivity index (χ0n) is 10.2.